The molecule has 1 fully saturated rings. The molecule has 0 saturated heterocycles. The molecule has 0 aromatic carbocycles. The number of carbonyl (C=O) groups is 2. The van der Waals surface area contributed by atoms with Gasteiger partial charge < -0.3 is 10.4 Å². The van der Waals surface area contributed by atoms with E-state index in [2.05, 4.69) is 5.32 Å². The highest BCUT2D eigenvalue weighted by Gasteiger charge is 2.29. The first-order valence-corrected chi connectivity index (χ1v) is 4.90. The smallest absolute Gasteiger partial charge is 0.326 e. The highest BCUT2D eigenvalue weighted by Crippen LogP contribution is 2.26. The Morgan fingerprint density at radius 1 is 1.29 bits per heavy atom. The molecule has 1 amide bonds. The van der Waals surface area contributed by atoms with Crippen LogP contribution in [0.15, 0.2) is 0 Å². The first kappa shape index (κ1) is 11.1. The van der Waals surface area contributed by atoms with Crippen molar-refractivity contribution in [2.75, 3.05) is 0 Å². The highest BCUT2D eigenvalue weighted by atomic mass is 16.4. The molecule has 0 aromatic rings. The van der Waals surface area contributed by atoms with Gasteiger partial charge in [0.05, 0.1) is 0 Å². The van der Waals surface area contributed by atoms with Gasteiger partial charge in [0, 0.05) is 0 Å². The van der Waals surface area contributed by atoms with E-state index < -0.39 is 17.8 Å². The van der Waals surface area contributed by atoms with Crippen LogP contribution in [0.25, 0.3) is 0 Å². The van der Waals surface area contributed by atoms with Crippen molar-refractivity contribution in [3.63, 3.8) is 0 Å². The second-order valence-corrected chi connectivity index (χ2v) is 3.72. The zero-order valence-electron chi connectivity index (χ0n) is 8.03. The molecule has 2 radical (unpaired) electrons. The van der Waals surface area contributed by atoms with E-state index in [1.54, 1.807) is 0 Å². The average molecular weight is 195 g/mol. The Labute approximate surface area is 84.5 Å². The van der Waals surface area contributed by atoms with Gasteiger partial charge in [0.1, 0.15) is 6.04 Å². The Balaban J connectivity index is 2.56. The topological polar surface area (TPSA) is 66.4 Å². The lowest BCUT2D eigenvalue weighted by Crippen LogP contribution is -2.46. The maximum Gasteiger partial charge on any atom is 0.326 e. The van der Waals surface area contributed by atoms with Gasteiger partial charge in [0.2, 0.25) is 7.85 Å². The zero-order valence-corrected chi connectivity index (χ0v) is 8.03. The molecule has 4 nitrogen and oxygen atoms in total. The number of nitrogens with one attached hydrogen (secondary N) is 1. The summed E-state index contributed by atoms with van der Waals surface area (Å²) in [4.78, 5) is 21.5. The van der Waals surface area contributed by atoms with E-state index in [0.29, 0.717) is 0 Å². The Hall–Kier alpha value is -0.995. The van der Waals surface area contributed by atoms with Crippen molar-refractivity contribution in [1.29, 1.82) is 0 Å². The van der Waals surface area contributed by atoms with E-state index >= 15 is 0 Å². The number of hydrogen-bond acceptors (Lipinski definition) is 2. The van der Waals surface area contributed by atoms with Crippen molar-refractivity contribution in [3.8, 4) is 0 Å². The summed E-state index contributed by atoms with van der Waals surface area (Å²) in [6, 6.07) is -0.812. The van der Waals surface area contributed by atoms with Crippen molar-refractivity contribution in [2.24, 2.45) is 5.92 Å². The monoisotopic (exact) mass is 195 g/mol. The first-order chi connectivity index (χ1) is 6.61. The molecule has 1 unspecified atom stereocenters. The molecular weight excluding hydrogens is 181 g/mol. The number of hydrogen-bond donors (Lipinski definition) is 2. The molecule has 5 heteroatoms. The number of amides is 1. The third-order valence-corrected chi connectivity index (χ3v) is 2.69. The largest absolute Gasteiger partial charge is 0.480 e. The maximum atomic E-state index is 10.9. The number of carboxylic acids is 1. The highest BCUT2D eigenvalue weighted by molar-refractivity contribution is 6.57. The summed E-state index contributed by atoms with van der Waals surface area (Å²) in [6.07, 6.45) is 4.94. The lowest BCUT2D eigenvalue weighted by Gasteiger charge is -2.27. The fourth-order valence-electron chi connectivity index (χ4n) is 2.00. The number of rotatable bonds is 3. The van der Waals surface area contributed by atoms with Crippen molar-refractivity contribution in [2.45, 2.75) is 38.1 Å². The van der Waals surface area contributed by atoms with Gasteiger partial charge in [-0.3, -0.25) is 4.79 Å². The number of carbonyl (C=O) groups excluding carboxylic acids is 1. The molecule has 1 rings (SSSR count). The molecule has 1 aliphatic carbocycles. The predicted octanol–water partition coefficient (Wildman–Crippen LogP) is 0.898. The molecule has 2 N–H and O–H groups in total. The van der Waals surface area contributed by atoms with Crippen LogP contribution in [0.1, 0.15) is 32.1 Å². The molecule has 0 heterocycles. The lowest BCUT2D eigenvalue weighted by atomic mass is 9.83. The van der Waals surface area contributed by atoms with E-state index in [4.69, 9.17) is 13.0 Å². The molecule has 76 valence electrons. The second kappa shape index (κ2) is 5.03. The van der Waals surface area contributed by atoms with Gasteiger partial charge in [0.25, 0.3) is 0 Å². The van der Waals surface area contributed by atoms with E-state index in [0.717, 1.165) is 32.1 Å². The van der Waals surface area contributed by atoms with Gasteiger partial charge in [0.15, 0.2) is 5.81 Å². The third kappa shape index (κ3) is 3.05. The molecule has 0 aliphatic heterocycles. The van der Waals surface area contributed by atoms with E-state index in [1.165, 1.54) is 0 Å². The molecule has 1 atom stereocenters. The van der Waals surface area contributed by atoms with Crippen LogP contribution < -0.4 is 5.32 Å². The van der Waals surface area contributed by atoms with E-state index in [9.17, 15) is 9.59 Å². The van der Waals surface area contributed by atoms with Crippen molar-refractivity contribution >= 4 is 19.6 Å². The maximum absolute atomic E-state index is 10.9. The first-order valence-electron chi connectivity index (χ1n) is 4.90. The Bertz CT molecular complexity index is 226. The van der Waals surface area contributed by atoms with Crippen LogP contribution >= 0.6 is 0 Å². The summed E-state index contributed by atoms with van der Waals surface area (Å²) in [7, 11) is 4.92. The van der Waals surface area contributed by atoms with Crippen molar-refractivity contribution < 1.29 is 14.7 Å². The third-order valence-electron chi connectivity index (χ3n) is 2.69. The predicted molar refractivity (Wildman–Crippen MR) is 52.3 cm³/mol. The summed E-state index contributed by atoms with van der Waals surface area (Å²) in [5.74, 6) is -1.72. The molecule has 1 aliphatic rings. The summed E-state index contributed by atoms with van der Waals surface area (Å²) < 4.78 is 0. The fraction of sp³-hybridized carbons (Fsp3) is 0.778. The Morgan fingerprint density at radius 3 is 2.29 bits per heavy atom. The average Bonchev–Trinajstić information content (AvgIpc) is 2.15. The van der Waals surface area contributed by atoms with Crippen LogP contribution in [0, 0.1) is 5.92 Å². The number of aliphatic carboxylic acids is 1. The van der Waals surface area contributed by atoms with Gasteiger partial charge in [-0.2, -0.15) is 0 Å². The zero-order chi connectivity index (χ0) is 10.6. The van der Waals surface area contributed by atoms with E-state index in [1.807, 2.05) is 0 Å². The molecule has 0 bridgehead atoms. The summed E-state index contributed by atoms with van der Waals surface area (Å²) >= 11 is 0. The van der Waals surface area contributed by atoms with Crippen LogP contribution in [0.2, 0.25) is 0 Å². The summed E-state index contributed by atoms with van der Waals surface area (Å²) in [5.41, 5.74) is 0. The molecular formula is C9H14BNO3. The second-order valence-electron chi connectivity index (χ2n) is 3.72. The normalized spacial score (nSPS) is 20.0. The van der Waals surface area contributed by atoms with Gasteiger partial charge >= 0.3 is 5.97 Å². The van der Waals surface area contributed by atoms with Gasteiger partial charge in [-0.1, -0.05) is 19.3 Å². The molecule has 14 heavy (non-hydrogen) atoms. The lowest BCUT2D eigenvalue weighted by molar-refractivity contribution is -0.140. The molecule has 0 aromatic heterocycles. The quantitative estimate of drug-likeness (QED) is 0.657. The summed E-state index contributed by atoms with van der Waals surface area (Å²) in [6.45, 7) is 0. The van der Waals surface area contributed by atoms with Crippen LogP contribution in [-0.4, -0.2) is 30.8 Å². The van der Waals surface area contributed by atoms with Gasteiger partial charge in [-0.25, -0.2) is 4.79 Å². The minimum Gasteiger partial charge on any atom is -0.480 e. The standard InChI is InChI=1S/C9H14BNO3/c10-9(14)11-7(8(12)13)6-4-2-1-3-5-6/h6-7H,1-5H2,(H,11,14)(H,12,13). The number of carboxylic acid groups (broad SMARTS) is 1. The Kier molecular flexibility index (Phi) is 3.98. The van der Waals surface area contributed by atoms with Crippen LogP contribution in [0.4, 0.5) is 4.79 Å². The minimum atomic E-state index is -0.990. The van der Waals surface area contributed by atoms with Crippen molar-refractivity contribution in [3.05, 3.63) is 0 Å². The Morgan fingerprint density at radius 2 is 1.86 bits per heavy atom. The summed E-state index contributed by atoms with van der Waals surface area (Å²) in [5, 5.41) is 11.2. The van der Waals surface area contributed by atoms with Gasteiger partial charge in [-0.05, 0) is 18.8 Å². The van der Waals surface area contributed by atoms with Crippen LogP contribution in [0.5, 0.6) is 0 Å². The molecule has 1 saturated carbocycles. The van der Waals surface area contributed by atoms with Crippen LogP contribution in [0.3, 0.4) is 0 Å². The van der Waals surface area contributed by atoms with Crippen molar-refractivity contribution in [1.82, 2.24) is 5.32 Å². The van der Waals surface area contributed by atoms with E-state index in [-0.39, 0.29) is 5.92 Å². The van der Waals surface area contributed by atoms with Gasteiger partial charge in [-0.15, -0.1) is 0 Å². The SMILES string of the molecule is [B]C(=O)NC(C(=O)O)C1CCCCC1. The van der Waals surface area contributed by atoms with Crippen LogP contribution in [-0.2, 0) is 4.79 Å². The molecule has 0 spiro atoms. The minimum absolute atomic E-state index is 0.0359. The fourth-order valence-corrected chi connectivity index (χ4v) is 2.00.